The molecule has 8 nitrogen and oxygen atoms in total. The van der Waals surface area contributed by atoms with Gasteiger partial charge in [0.15, 0.2) is 5.11 Å². The summed E-state index contributed by atoms with van der Waals surface area (Å²) in [4.78, 5) is 23.0. The van der Waals surface area contributed by atoms with E-state index in [2.05, 4.69) is 16.0 Å². The van der Waals surface area contributed by atoms with E-state index in [0.717, 1.165) is 0 Å². The van der Waals surface area contributed by atoms with Crippen LogP contribution in [0.25, 0.3) is 0 Å². The monoisotopic (exact) mass is 476 g/mol. The Morgan fingerprint density at radius 1 is 1.14 bits per heavy atom. The first kappa shape index (κ1) is 23.0. The quantitative estimate of drug-likeness (QED) is 0.190. The molecule has 1 atom stereocenters. The van der Waals surface area contributed by atoms with Gasteiger partial charge >= 0.3 is 0 Å². The second-order valence-corrected chi connectivity index (χ2v) is 8.30. The van der Waals surface area contributed by atoms with Crippen molar-refractivity contribution in [3.63, 3.8) is 0 Å². The Balaban J connectivity index is 2.17. The second-order valence-electron chi connectivity index (χ2n) is 5.52. The number of amides is 1. The summed E-state index contributed by atoms with van der Waals surface area (Å²) in [5.41, 5.74) is -0.0365. The Kier molecular flexibility index (Phi) is 7.86. The van der Waals surface area contributed by atoms with Gasteiger partial charge in [0.05, 0.1) is 17.7 Å². The molecule has 1 amide bonds. The summed E-state index contributed by atoms with van der Waals surface area (Å²) in [6, 6.07) is 12.4. The van der Waals surface area contributed by atoms with Crippen LogP contribution in [0.15, 0.2) is 48.5 Å². The van der Waals surface area contributed by atoms with E-state index in [-0.39, 0.29) is 16.4 Å². The molecule has 0 spiro atoms. The van der Waals surface area contributed by atoms with Crippen molar-refractivity contribution in [1.82, 2.24) is 10.6 Å². The summed E-state index contributed by atoms with van der Waals surface area (Å²) in [6.07, 6.45) is -1.30. The number of nitro benzene ring substituents is 1. The van der Waals surface area contributed by atoms with Crippen LogP contribution in [0.5, 0.6) is 5.75 Å². The van der Waals surface area contributed by atoms with E-state index < -0.39 is 20.8 Å². The lowest BCUT2D eigenvalue weighted by molar-refractivity contribution is -0.385. The number of benzene rings is 2. The Morgan fingerprint density at radius 3 is 2.38 bits per heavy atom. The van der Waals surface area contributed by atoms with Gasteiger partial charge in [-0.3, -0.25) is 14.9 Å². The van der Waals surface area contributed by atoms with Crippen molar-refractivity contribution in [1.29, 1.82) is 0 Å². The smallest absolute Gasteiger partial charge is 0.282 e. The Morgan fingerprint density at radius 2 is 1.76 bits per heavy atom. The van der Waals surface area contributed by atoms with Crippen molar-refractivity contribution in [3.8, 4) is 5.75 Å². The molecule has 0 saturated heterocycles. The average Bonchev–Trinajstić information content (AvgIpc) is 2.67. The number of carbonyl (C=O) groups is 1. The number of halogens is 3. The van der Waals surface area contributed by atoms with Crippen molar-refractivity contribution in [2.24, 2.45) is 0 Å². The minimum Gasteiger partial charge on any atom is -0.495 e. The van der Waals surface area contributed by atoms with Crippen molar-refractivity contribution < 1.29 is 14.5 Å². The van der Waals surface area contributed by atoms with Gasteiger partial charge in [-0.1, -0.05) is 59.1 Å². The molecule has 29 heavy (non-hydrogen) atoms. The minimum atomic E-state index is -2.02. The van der Waals surface area contributed by atoms with Crippen LogP contribution in [0.3, 0.4) is 0 Å². The molecule has 0 radical (unpaired) electrons. The minimum absolute atomic E-state index is 0.0219. The van der Waals surface area contributed by atoms with Gasteiger partial charge in [0, 0.05) is 6.07 Å². The average molecular weight is 478 g/mol. The Bertz CT molecular complexity index is 924. The summed E-state index contributed by atoms with van der Waals surface area (Å²) in [5, 5.41) is 19.1. The van der Waals surface area contributed by atoms with Crippen LogP contribution in [0.2, 0.25) is 0 Å². The van der Waals surface area contributed by atoms with Gasteiger partial charge in [-0.15, -0.1) is 0 Å². The van der Waals surface area contributed by atoms with Gasteiger partial charge in [-0.05, 0) is 30.4 Å². The predicted molar refractivity (Wildman–Crippen MR) is 117 cm³/mol. The van der Waals surface area contributed by atoms with Gasteiger partial charge in [0.25, 0.3) is 11.6 Å². The van der Waals surface area contributed by atoms with Crippen LogP contribution in [-0.2, 0) is 0 Å². The Labute approximate surface area is 186 Å². The van der Waals surface area contributed by atoms with E-state index in [4.69, 9.17) is 51.8 Å². The largest absolute Gasteiger partial charge is 0.495 e. The maximum atomic E-state index is 12.6. The summed E-state index contributed by atoms with van der Waals surface area (Å²) in [7, 11) is 1.49. The molecule has 0 saturated carbocycles. The Hall–Kier alpha value is -2.33. The standard InChI is InChI=1S/C17H15Cl3N4O4S/c1-28-13-9-5-3-7-11(13)21-16(29)23-15(17(18,19)20)22-14(25)10-6-2-4-8-12(10)24(26)27/h2-9,15H,1H3,(H,22,25)(H2,21,23,29)/t15-/m1/s1. The number of rotatable bonds is 6. The highest BCUT2D eigenvalue weighted by Gasteiger charge is 2.36. The fourth-order valence-electron chi connectivity index (χ4n) is 2.27. The molecule has 2 aromatic carbocycles. The third kappa shape index (κ3) is 6.33. The summed E-state index contributed by atoms with van der Waals surface area (Å²) in [6.45, 7) is 0. The van der Waals surface area contributed by atoms with Gasteiger partial charge in [0.1, 0.15) is 17.5 Å². The van der Waals surface area contributed by atoms with Crippen molar-refractivity contribution in [2.75, 3.05) is 12.4 Å². The van der Waals surface area contributed by atoms with Crippen LogP contribution in [0.1, 0.15) is 10.4 Å². The number of ether oxygens (including phenoxy) is 1. The molecule has 0 fully saturated rings. The third-order valence-corrected chi connectivity index (χ3v) is 4.45. The van der Waals surface area contributed by atoms with Crippen LogP contribution >= 0.6 is 47.0 Å². The molecule has 0 aliphatic heterocycles. The molecule has 12 heteroatoms. The zero-order valence-electron chi connectivity index (χ0n) is 14.8. The molecular formula is C17H15Cl3N4O4S. The van der Waals surface area contributed by atoms with Crippen LogP contribution in [0, 0.1) is 10.1 Å². The van der Waals surface area contributed by atoms with Gasteiger partial charge in [-0.25, -0.2) is 0 Å². The van der Waals surface area contributed by atoms with Crippen LogP contribution < -0.4 is 20.7 Å². The maximum Gasteiger partial charge on any atom is 0.282 e. The summed E-state index contributed by atoms with van der Waals surface area (Å²) >= 11 is 23.1. The predicted octanol–water partition coefficient (Wildman–Crippen LogP) is 4.02. The number of methoxy groups -OCH3 is 1. The van der Waals surface area contributed by atoms with E-state index in [1.54, 1.807) is 24.3 Å². The molecule has 2 rings (SSSR count). The topological polar surface area (TPSA) is 106 Å². The zero-order valence-corrected chi connectivity index (χ0v) is 17.9. The summed E-state index contributed by atoms with van der Waals surface area (Å²) in [5.74, 6) is -0.299. The van der Waals surface area contributed by atoms with E-state index in [1.807, 2.05) is 0 Å². The second kappa shape index (κ2) is 9.93. The number of nitro groups is 1. The lowest BCUT2D eigenvalue weighted by atomic mass is 10.1. The van der Waals surface area contributed by atoms with E-state index in [0.29, 0.717) is 11.4 Å². The first-order valence-corrected chi connectivity index (χ1v) is 9.49. The highest BCUT2D eigenvalue weighted by Crippen LogP contribution is 2.30. The van der Waals surface area contributed by atoms with Crippen molar-refractivity contribution in [3.05, 3.63) is 64.2 Å². The van der Waals surface area contributed by atoms with E-state index >= 15 is 0 Å². The van der Waals surface area contributed by atoms with Gasteiger partial charge in [0.2, 0.25) is 3.79 Å². The number of carbonyl (C=O) groups excluding carboxylic acids is 1. The number of thiocarbonyl (C=S) groups is 1. The fourth-order valence-corrected chi connectivity index (χ4v) is 2.83. The normalized spacial score (nSPS) is 11.9. The molecule has 0 aliphatic carbocycles. The van der Waals surface area contributed by atoms with Crippen molar-refractivity contribution >= 4 is 69.4 Å². The molecule has 0 heterocycles. The van der Waals surface area contributed by atoms with Crippen LogP contribution in [0.4, 0.5) is 11.4 Å². The number of anilines is 1. The number of alkyl halides is 3. The highest BCUT2D eigenvalue weighted by molar-refractivity contribution is 7.80. The molecule has 0 aliphatic rings. The molecular weight excluding hydrogens is 463 g/mol. The SMILES string of the molecule is COc1ccccc1NC(=S)N[C@@H](NC(=O)c1ccccc1[N+](=O)[O-])C(Cl)(Cl)Cl. The lowest BCUT2D eigenvalue weighted by Crippen LogP contribution is -2.56. The molecule has 0 bridgehead atoms. The number of para-hydroxylation sites is 3. The first-order chi connectivity index (χ1) is 13.6. The molecule has 2 aromatic rings. The zero-order chi connectivity index (χ0) is 21.6. The van der Waals surface area contributed by atoms with E-state index in [9.17, 15) is 14.9 Å². The first-order valence-electron chi connectivity index (χ1n) is 7.95. The molecule has 0 aromatic heterocycles. The third-order valence-electron chi connectivity index (χ3n) is 3.58. The molecule has 154 valence electrons. The number of hydrogen-bond donors (Lipinski definition) is 3. The maximum absolute atomic E-state index is 12.6. The number of nitrogens with one attached hydrogen (secondary N) is 3. The summed E-state index contributed by atoms with van der Waals surface area (Å²) < 4.78 is 3.19. The lowest BCUT2D eigenvalue weighted by Gasteiger charge is -2.28. The highest BCUT2D eigenvalue weighted by atomic mass is 35.6. The van der Waals surface area contributed by atoms with Crippen LogP contribution in [-0.4, -0.2) is 33.0 Å². The molecule has 3 N–H and O–H groups in total. The van der Waals surface area contributed by atoms with Gasteiger partial charge < -0.3 is 20.7 Å². The number of hydrogen-bond acceptors (Lipinski definition) is 5. The van der Waals surface area contributed by atoms with Gasteiger partial charge in [-0.2, -0.15) is 0 Å². The molecule has 0 unspecified atom stereocenters. The van der Waals surface area contributed by atoms with E-state index in [1.165, 1.54) is 31.4 Å². The van der Waals surface area contributed by atoms with Crippen molar-refractivity contribution in [2.45, 2.75) is 9.96 Å². The number of nitrogens with zero attached hydrogens (tertiary/aromatic N) is 1. The fraction of sp³-hybridized carbons (Fsp3) is 0.176.